The summed E-state index contributed by atoms with van der Waals surface area (Å²) in [6.07, 6.45) is 4.31. The molecule has 2 aromatic rings. The number of nitrogens with one attached hydrogen (secondary N) is 1. The van der Waals surface area contributed by atoms with E-state index in [4.69, 9.17) is 5.41 Å². The van der Waals surface area contributed by atoms with Gasteiger partial charge in [-0.1, -0.05) is 24.3 Å². The number of para-hydroxylation sites is 1. The average Bonchev–Trinajstić information content (AvgIpc) is 3.27. The van der Waals surface area contributed by atoms with E-state index in [1.807, 2.05) is 66.4 Å². The topological polar surface area (TPSA) is 66.8 Å². The van der Waals surface area contributed by atoms with Crippen molar-refractivity contribution < 1.29 is 9.96 Å². The van der Waals surface area contributed by atoms with Gasteiger partial charge in [-0.25, -0.2) is 0 Å². The number of hydroxylamine groups is 3. The quantitative estimate of drug-likeness (QED) is 0.274. The maximum absolute atomic E-state index is 13.7. The van der Waals surface area contributed by atoms with Gasteiger partial charge in [-0.15, -0.1) is 11.3 Å². The van der Waals surface area contributed by atoms with Crippen molar-refractivity contribution in [2.24, 2.45) is 0 Å². The highest BCUT2D eigenvalue weighted by molar-refractivity contribution is 7.09. The molecule has 132 valence electrons. The number of quaternary nitrogens is 2. The molecule has 1 aliphatic heterocycles. The van der Waals surface area contributed by atoms with E-state index < -0.39 is 4.65 Å². The van der Waals surface area contributed by atoms with Gasteiger partial charge < -0.3 is 14.8 Å². The van der Waals surface area contributed by atoms with Crippen LogP contribution in [-0.4, -0.2) is 41.6 Å². The smallest absolute Gasteiger partial charge is 0.226 e. The molecule has 0 saturated carbocycles. The molecule has 2 heterocycles. The molecule has 25 heavy (non-hydrogen) atoms. The van der Waals surface area contributed by atoms with Crippen molar-refractivity contribution in [3.8, 4) is 0 Å². The molecule has 3 rings (SSSR count). The summed E-state index contributed by atoms with van der Waals surface area (Å²) in [4.78, 5) is 3.21. The van der Waals surface area contributed by atoms with E-state index in [9.17, 15) is 5.21 Å². The number of rotatable bonds is 6. The molecular formula is C19H25N4OS+. The van der Waals surface area contributed by atoms with Crippen LogP contribution in [0.3, 0.4) is 0 Å². The van der Waals surface area contributed by atoms with Gasteiger partial charge in [-0.05, 0) is 30.6 Å². The number of likely N-dealkylation sites (tertiary alicyclic amines) is 1. The molecule has 0 bridgehead atoms. The highest BCUT2D eigenvalue weighted by Crippen LogP contribution is 2.27. The number of thiophene rings is 1. The van der Waals surface area contributed by atoms with Gasteiger partial charge >= 0.3 is 0 Å². The Morgan fingerprint density at radius 2 is 2.16 bits per heavy atom. The zero-order valence-corrected chi connectivity index (χ0v) is 15.3. The highest BCUT2D eigenvalue weighted by Gasteiger charge is 2.37. The highest BCUT2D eigenvalue weighted by atomic mass is 32.1. The Bertz CT molecular complexity index is 716. The van der Waals surface area contributed by atoms with Crippen LogP contribution in [0.4, 0.5) is 5.69 Å². The number of benzene rings is 1. The molecule has 2 atom stereocenters. The van der Waals surface area contributed by atoms with Crippen LogP contribution in [0.2, 0.25) is 0 Å². The summed E-state index contributed by atoms with van der Waals surface area (Å²) in [5.74, 6) is 0.126. The van der Waals surface area contributed by atoms with Gasteiger partial charge in [-0.2, -0.15) is 0 Å². The lowest BCUT2D eigenvalue weighted by molar-refractivity contribution is -0.828. The van der Waals surface area contributed by atoms with Crippen molar-refractivity contribution in [2.75, 3.05) is 20.1 Å². The van der Waals surface area contributed by atoms with Crippen LogP contribution >= 0.6 is 11.3 Å². The fourth-order valence-corrected chi connectivity index (χ4v) is 3.99. The second-order valence-corrected chi connectivity index (χ2v) is 7.59. The van der Waals surface area contributed by atoms with Crippen LogP contribution in [0.25, 0.3) is 0 Å². The molecule has 1 aromatic heterocycles. The lowest BCUT2D eigenvalue weighted by atomic mass is 10.2. The van der Waals surface area contributed by atoms with E-state index in [1.165, 1.54) is 0 Å². The normalized spacial score (nSPS) is 20.8. The molecule has 0 amide bonds. The van der Waals surface area contributed by atoms with Crippen LogP contribution in [0.1, 0.15) is 11.3 Å². The molecular weight excluding hydrogens is 332 g/mol. The molecule has 5 nitrogen and oxygen atoms in total. The van der Waals surface area contributed by atoms with E-state index in [1.54, 1.807) is 17.4 Å². The second kappa shape index (κ2) is 8.03. The lowest BCUT2D eigenvalue weighted by Gasteiger charge is -2.45. The van der Waals surface area contributed by atoms with Crippen molar-refractivity contribution in [2.45, 2.75) is 19.0 Å². The first-order valence-electron chi connectivity index (χ1n) is 8.53. The van der Waals surface area contributed by atoms with Gasteiger partial charge in [0.15, 0.2) is 0 Å². The van der Waals surface area contributed by atoms with Gasteiger partial charge in [0.1, 0.15) is 24.5 Å². The predicted molar refractivity (Wildman–Crippen MR) is 102 cm³/mol. The van der Waals surface area contributed by atoms with Gasteiger partial charge in [0.2, 0.25) is 5.84 Å². The van der Waals surface area contributed by atoms with Crippen molar-refractivity contribution in [3.05, 3.63) is 70.2 Å². The molecule has 0 aliphatic carbocycles. The van der Waals surface area contributed by atoms with Crippen LogP contribution in [0, 0.1) is 10.6 Å². The van der Waals surface area contributed by atoms with Crippen molar-refractivity contribution in [1.29, 1.82) is 5.41 Å². The minimum atomic E-state index is -0.579. The molecule has 6 heteroatoms. The Hall–Kier alpha value is -1.83. The third-order valence-electron chi connectivity index (χ3n) is 4.68. The Morgan fingerprint density at radius 1 is 1.36 bits per heavy atom. The van der Waals surface area contributed by atoms with Gasteiger partial charge in [0, 0.05) is 13.0 Å². The van der Waals surface area contributed by atoms with E-state index in [0.29, 0.717) is 6.54 Å². The number of hydrogen-bond acceptors (Lipinski definition) is 4. The Labute approximate surface area is 152 Å². The summed E-state index contributed by atoms with van der Waals surface area (Å²) < 4.78 is -0.579. The Morgan fingerprint density at radius 3 is 2.80 bits per heavy atom. The fraction of sp³-hybridized carbons (Fsp3) is 0.316. The maximum Gasteiger partial charge on any atom is 0.226 e. The summed E-state index contributed by atoms with van der Waals surface area (Å²) in [6, 6.07) is 13.8. The van der Waals surface area contributed by atoms with Gasteiger partial charge in [-0.3, -0.25) is 10.7 Å². The lowest BCUT2D eigenvalue weighted by Crippen LogP contribution is -2.71. The Balaban J connectivity index is 1.74. The predicted octanol–water partition coefficient (Wildman–Crippen LogP) is 2.65. The molecule has 1 fully saturated rings. The van der Waals surface area contributed by atoms with Gasteiger partial charge in [0.25, 0.3) is 0 Å². The fourth-order valence-electron chi connectivity index (χ4n) is 3.24. The number of nitrogens with two attached hydrogens (primary N) is 1. The summed E-state index contributed by atoms with van der Waals surface area (Å²) >= 11 is 1.59. The van der Waals surface area contributed by atoms with Crippen LogP contribution in [0.5, 0.6) is 0 Å². The second-order valence-electron chi connectivity index (χ2n) is 6.56. The SMILES string of the molecule is CN1CCC([N+]([O-])(Cc2cccs2)C(=N)/C=C\[NH2+]c2ccccc2)C1. The number of hydrogen-bond donors (Lipinski definition) is 2. The standard InChI is InChI=1S/C19H24N4OS/c1-22-12-10-17(14-22)23(24,15-18-8-5-13-25-18)19(20)9-11-21-16-6-3-2-4-7-16/h2-9,11,13,17,20-21H,10,12,14-15H2,1H3/p+1/b11-9-,20-19?. The monoisotopic (exact) mass is 357 g/mol. The minimum absolute atomic E-state index is 0.0824. The average molecular weight is 358 g/mol. The first-order valence-corrected chi connectivity index (χ1v) is 9.41. The zero-order chi connectivity index (χ0) is 17.7. The van der Waals surface area contributed by atoms with Crippen molar-refractivity contribution >= 4 is 22.9 Å². The number of nitrogens with zero attached hydrogens (tertiary/aromatic N) is 2. The van der Waals surface area contributed by atoms with E-state index in [0.717, 1.165) is 30.1 Å². The summed E-state index contributed by atoms with van der Waals surface area (Å²) in [6.45, 7) is 2.00. The first-order chi connectivity index (χ1) is 12.1. The first kappa shape index (κ1) is 18.0. The maximum atomic E-state index is 13.7. The van der Waals surface area contributed by atoms with E-state index in [-0.39, 0.29) is 11.9 Å². The van der Waals surface area contributed by atoms with E-state index in [2.05, 4.69) is 4.90 Å². The summed E-state index contributed by atoms with van der Waals surface area (Å²) in [7, 11) is 2.04. The largest absolute Gasteiger partial charge is 0.626 e. The van der Waals surface area contributed by atoms with Crippen LogP contribution < -0.4 is 5.32 Å². The third-order valence-corrected chi connectivity index (χ3v) is 5.54. The van der Waals surface area contributed by atoms with Gasteiger partial charge in [0.05, 0.1) is 17.5 Å². The molecule has 1 saturated heterocycles. The number of likely N-dealkylation sites (N-methyl/N-ethyl adjacent to an activating group) is 1. The Kier molecular flexibility index (Phi) is 5.78. The molecule has 0 spiro atoms. The zero-order valence-electron chi connectivity index (χ0n) is 14.5. The summed E-state index contributed by atoms with van der Waals surface area (Å²) in [5, 5.41) is 26.1. The molecule has 2 unspecified atom stereocenters. The summed E-state index contributed by atoms with van der Waals surface area (Å²) in [5.41, 5.74) is 1.06. The van der Waals surface area contributed by atoms with Crippen LogP contribution in [-0.2, 0) is 6.54 Å². The molecule has 1 aromatic carbocycles. The third kappa shape index (κ3) is 4.42. The molecule has 1 aliphatic rings. The minimum Gasteiger partial charge on any atom is -0.626 e. The molecule has 0 radical (unpaired) electrons. The van der Waals surface area contributed by atoms with Crippen molar-refractivity contribution in [1.82, 2.24) is 4.90 Å². The number of amidine groups is 1. The van der Waals surface area contributed by atoms with Crippen molar-refractivity contribution in [3.63, 3.8) is 0 Å². The van der Waals surface area contributed by atoms with E-state index >= 15 is 0 Å². The molecule has 3 N–H and O–H groups in total. The van der Waals surface area contributed by atoms with Crippen LogP contribution in [0.15, 0.2) is 60.1 Å².